The van der Waals surface area contributed by atoms with Gasteiger partial charge in [0.2, 0.25) is 5.95 Å². The number of hydrogen-bond acceptors (Lipinski definition) is 5. The molecule has 126 valence electrons. The first-order chi connectivity index (χ1) is 11.6. The lowest BCUT2D eigenvalue weighted by atomic mass is 9.84. The first-order valence-electron chi connectivity index (χ1n) is 8.81. The largest absolute Gasteiger partial charge is 0.469 e. The third kappa shape index (κ3) is 2.72. The minimum absolute atomic E-state index is 0.0856. The van der Waals surface area contributed by atoms with Crippen molar-refractivity contribution in [1.29, 1.82) is 0 Å². The van der Waals surface area contributed by atoms with Gasteiger partial charge in [0.1, 0.15) is 5.76 Å². The van der Waals surface area contributed by atoms with Gasteiger partial charge in [0.25, 0.3) is 0 Å². The zero-order valence-electron chi connectivity index (χ0n) is 14.3. The minimum atomic E-state index is 0.0856. The van der Waals surface area contributed by atoms with Gasteiger partial charge in [-0.05, 0) is 37.8 Å². The van der Waals surface area contributed by atoms with Gasteiger partial charge < -0.3 is 9.32 Å². The van der Waals surface area contributed by atoms with E-state index in [4.69, 9.17) is 9.40 Å². The topological polar surface area (TPSA) is 59.2 Å². The molecule has 2 atom stereocenters. The Kier molecular flexibility index (Phi) is 3.87. The molecule has 0 saturated carbocycles. The predicted octanol–water partition coefficient (Wildman–Crippen LogP) is 3.53. The van der Waals surface area contributed by atoms with Crippen LogP contribution < -0.4 is 4.90 Å². The van der Waals surface area contributed by atoms with Gasteiger partial charge in [-0.1, -0.05) is 6.92 Å². The van der Waals surface area contributed by atoms with Crippen LogP contribution in [0.2, 0.25) is 0 Å². The SMILES string of the molecule is Cc1nc(N2CCC[C@@H](C)C2)nc2c1C(=O)C[C@H](c1ccco1)C2. The summed E-state index contributed by atoms with van der Waals surface area (Å²) >= 11 is 0. The molecular formula is C19H23N3O2. The summed E-state index contributed by atoms with van der Waals surface area (Å²) in [6.07, 6.45) is 5.33. The molecule has 5 nitrogen and oxygen atoms in total. The Hall–Kier alpha value is -2.17. The van der Waals surface area contributed by atoms with E-state index in [9.17, 15) is 4.79 Å². The number of furan rings is 1. The molecular weight excluding hydrogens is 302 g/mol. The molecule has 2 aromatic heterocycles. The molecule has 2 aliphatic rings. The first-order valence-corrected chi connectivity index (χ1v) is 8.81. The third-order valence-electron chi connectivity index (χ3n) is 5.19. The third-order valence-corrected chi connectivity index (χ3v) is 5.19. The Morgan fingerprint density at radius 1 is 1.29 bits per heavy atom. The highest BCUT2D eigenvalue weighted by Gasteiger charge is 2.32. The molecule has 0 spiro atoms. The van der Waals surface area contributed by atoms with E-state index in [0.29, 0.717) is 12.3 Å². The van der Waals surface area contributed by atoms with Crippen LogP contribution in [0.15, 0.2) is 22.8 Å². The first kappa shape index (κ1) is 15.4. The van der Waals surface area contributed by atoms with Gasteiger partial charge in [-0.25, -0.2) is 9.97 Å². The van der Waals surface area contributed by atoms with Crippen LogP contribution >= 0.6 is 0 Å². The van der Waals surface area contributed by atoms with Crippen LogP contribution in [0.25, 0.3) is 0 Å². The number of nitrogens with zero attached hydrogens (tertiary/aromatic N) is 3. The monoisotopic (exact) mass is 325 g/mol. The molecule has 5 heteroatoms. The van der Waals surface area contributed by atoms with E-state index in [1.54, 1.807) is 6.26 Å². The number of Topliss-reactive ketones (excluding diaryl/α,β-unsaturated/α-hetero) is 1. The van der Waals surface area contributed by atoms with Crippen LogP contribution in [0.4, 0.5) is 5.95 Å². The number of aromatic nitrogens is 2. The molecule has 1 aliphatic carbocycles. The number of fused-ring (bicyclic) bond motifs is 1. The van der Waals surface area contributed by atoms with Crippen molar-refractivity contribution in [3.05, 3.63) is 41.1 Å². The molecule has 0 amide bonds. The summed E-state index contributed by atoms with van der Waals surface area (Å²) in [7, 11) is 0. The second-order valence-electron chi connectivity index (χ2n) is 7.17. The summed E-state index contributed by atoms with van der Waals surface area (Å²) in [4.78, 5) is 24.3. The van der Waals surface area contributed by atoms with Crippen LogP contribution in [-0.2, 0) is 6.42 Å². The Bertz CT molecular complexity index is 754. The number of ketones is 1. The summed E-state index contributed by atoms with van der Waals surface area (Å²) in [6, 6.07) is 3.82. The molecule has 3 heterocycles. The molecule has 4 rings (SSSR count). The zero-order chi connectivity index (χ0) is 16.7. The van der Waals surface area contributed by atoms with Crippen molar-refractivity contribution in [2.24, 2.45) is 5.92 Å². The van der Waals surface area contributed by atoms with Crippen molar-refractivity contribution in [3.63, 3.8) is 0 Å². The van der Waals surface area contributed by atoms with E-state index in [1.807, 2.05) is 19.1 Å². The van der Waals surface area contributed by atoms with Crippen LogP contribution in [-0.4, -0.2) is 28.8 Å². The highest BCUT2D eigenvalue weighted by Crippen LogP contribution is 2.34. The van der Waals surface area contributed by atoms with Gasteiger partial charge in [-0.3, -0.25) is 4.79 Å². The van der Waals surface area contributed by atoms with Crippen LogP contribution in [0, 0.1) is 12.8 Å². The number of hydrogen-bond donors (Lipinski definition) is 0. The molecule has 0 unspecified atom stereocenters. The van der Waals surface area contributed by atoms with Gasteiger partial charge in [-0.2, -0.15) is 0 Å². The summed E-state index contributed by atoms with van der Waals surface area (Å²) in [5.74, 6) is 2.54. The fourth-order valence-electron chi connectivity index (χ4n) is 4.00. The second-order valence-corrected chi connectivity index (χ2v) is 7.17. The smallest absolute Gasteiger partial charge is 0.225 e. The standard InChI is InChI=1S/C19H23N3O2/c1-12-5-3-7-22(11-12)19-20-13(2)18-15(21-19)9-14(10-16(18)23)17-6-4-8-24-17/h4,6,8,12,14H,3,5,7,9-11H2,1-2H3/t12-,14-/m1/s1. The molecule has 24 heavy (non-hydrogen) atoms. The van der Waals surface area contributed by atoms with Gasteiger partial charge in [0, 0.05) is 31.8 Å². The molecule has 1 saturated heterocycles. The lowest BCUT2D eigenvalue weighted by Gasteiger charge is -2.32. The van der Waals surface area contributed by atoms with E-state index in [2.05, 4.69) is 16.8 Å². The number of aryl methyl sites for hydroxylation is 1. The van der Waals surface area contributed by atoms with Gasteiger partial charge >= 0.3 is 0 Å². The van der Waals surface area contributed by atoms with E-state index in [1.165, 1.54) is 12.8 Å². The molecule has 1 aliphatic heterocycles. The van der Waals surface area contributed by atoms with Crippen molar-refractivity contribution in [2.45, 2.75) is 45.4 Å². The Labute approximate surface area is 142 Å². The van der Waals surface area contributed by atoms with E-state index in [0.717, 1.165) is 48.2 Å². The quantitative estimate of drug-likeness (QED) is 0.845. The van der Waals surface area contributed by atoms with Crippen LogP contribution in [0.5, 0.6) is 0 Å². The van der Waals surface area contributed by atoms with Gasteiger partial charge in [0.15, 0.2) is 5.78 Å². The maximum atomic E-state index is 12.6. The average molecular weight is 325 g/mol. The van der Waals surface area contributed by atoms with E-state index in [-0.39, 0.29) is 11.7 Å². The number of carbonyl (C=O) groups is 1. The molecule has 2 aromatic rings. The maximum Gasteiger partial charge on any atom is 0.225 e. The van der Waals surface area contributed by atoms with Crippen molar-refractivity contribution >= 4 is 11.7 Å². The van der Waals surface area contributed by atoms with Crippen LogP contribution in [0.1, 0.15) is 59.6 Å². The minimum Gasteiger partial charge on any atom is -0.469 e. The lowest BCUT2D eigenvalue weighted by molar-refractivity contribution is 0.0958. The number of rotatable bonds is 2. The number of carbonyl (C=O) groups excluding carboxylic acids is 1. The van der Waals surface area contributed by atoms with Crippen molar-refractivity contribution < 1.29 is 9.21 Å². The number of piperidine rings is 1. The van der Waals surface area contributed by atoms with Crippen molar-refractivity contribution in [3.8, 4) is 0 Å². The molecule has 0 aromatic carbocycles. The normalized spacial score (nSPS) is 24.1. The molecule has 0 N–H and O–H groups in total. The average Bonchev–Trinajstić information content (AvgIpc) is 3.08. The highest BCUT2D eigenvalue weighted by molar-refractivity contribution is 5.99. The maximum absolute atomic E-state index is 12.6. The highest BCUT2D eigenvalue weighted by atomic mass is 16.3. The van der Waals surface area contributed by atoms with Gasteiger partial charge in [-0.15, -0.1) is 0 Å². The number of anilines is 1. The summed E-state index contributed by atoms with van der Waals surface area (Å²) < 4.78 is 5.52. The zero-order valence-corrected chi connectivity index (χ0v) is 14.3. The van der Waals surface area contributed by atoms with E-state index >= 15 is 0 Å². The molecule has 1 fully saturated rings. The lowest BCUT2D eigenvalue weighted by Crippen LogP contribution is -2.36. The van der Waals surface area contributed by atoms with Crippen LogP contribution in [0.3, 0.4) is 0 Å². The summed E-state index contributed by atoms with van der Waals surface area (Å²) in [5, 5.41) is 0. The molecule has 0 bridgehead atoms. The second kappa shape index (κ2) is 6.04. The summed E-state index contributed by atoms with van der Waals surface area (Å²) in [6.45, 7) is 6.20. The van der Waals surface area contributed by atoms with Gasteiger partial charge in [0.05, 0.1) is 23.2 Å². The fraction of sp³-hybridized carbons (Fsp3) is 0.526. The molecule has 0 radical (unpaired) electrons. The Morgan fingerprint density at radius 3 is 2.92 bits per heavy atom. The predicted molar refractivity (Wildman–Crippen MR) is 91.5 cm³/mol. The Morgan fingerprint density at radius 2 is 2.17 bits per heavy atom. The van der Waals surface area contributed by atoms with Crippen molar-refractivity contribution in [2.75, 3.05) is 18.0 Å². The fourth-order valence-corrected chi connectivity index (χ4v) is 4.00. The van der Waals surface area contributed by atoms with E-state index < -0.39 is 0 Å². The van der Waals surface area contributed by atoms with Crippen molar-refractivity contribution in [1.82, 2.24) is 9.97 Å². The Balaban J connectivity index is 1.68. The summed E-state index contributed by atoms with van der Waals surface area (Å²) in [5.41, 5.74) is 2.43.